The van der Waals surface area contributed by atoms with Crippen molar-refractivity contribution in [1.29, 1.82) is 5.26 Å². The highest BCUT2D eigenvalue weighted by Gasteiger charge is 2.17. The second-order valence-electron chi connectivity index (χ2n) is 3.92. The van der Waals surface area contributed by atoms with Crippen LogP contribution in [0.15, 0.2) is 30.3 Å². The SMILES string of the molecule is CCC(C(=O)NCCCC#N)c1ccccc1. The van der Waals surface area contributed by atoms with Crippen LogP contribution in [0.2, 0.25) is 0 Å². The molecular weight excluding hydrogens is 212 g/mol. The lowest BCUT2D eigenvalue weighted by Gasteiger charge is -2.15. The van der Waals surface area contributed by atoms with E-state index in [1.165, 1.54) is 0 Å². The Bertz CT molecular complexity index is 381. The molecular formula is C14H18N2O. The van der Waals surface area contributed by atoms with Crippen molar-refractivity contribution in [3.05, 3.63) is 35.9 Å². The van der Waals surface area contributed by atoms with Crippen molar-refractivity contribution in [1.82, 2.24) is 5.32 Å². The third kappa shape index (κ3) is 4.28. The minimum atomic E-state index is -0.0849. The van der Waals surface area contributed by atoms with Crippen molar-refractivity contribution in [2.75, 3.05) is 6.54 Å². The van der Waals surface area contributed by atoms with E-state index in [1.807, 2.05) is 37.3 Å². The molecule has 0 fully saturated rings. The summed E-state index contributed by atoms with van der Waals surface area (Å²) in [4.78, 5) is 11.9. The number of nitriles is 1. The molecule has 0 bridgehead atoms. The van der Waals surface area contributed by atoms with Gasteiger partial charge >= 0.3 is 0 Å². The fraction of sp³-hybridized carbons (Fsp3) is 0.429. The normalized spacial score (nSPS) is 11.5. The maximum atomic E-state index is 11.9. The van der Waals surface area contributed by atoms with Crippen LogP contribution in [0.4, 0.5) is 0 Å². The van der Waals surface area contributed by atoms with Crippen LogP contribution in [-0.2, 0) is 4.79 Å². The molecule has 0 aliphatic carbocycles. The van der Waals surface area contributed by atoms with Crippen LogP contribution in [-0.4, -0.2) is 12.5 Å². The van der Waals surface area contributed by atoms with Crippen molar-refractivity contribution in [3.63, 3.8) is 0 Å². The van der Waals surface area contributed by atoms with Crippen LogP contribution in [0.3, 0.4) is 0 Å². The first kappa shape index (κ1) is 13.2. The molecule has 0 saturated heterocycles. The number of nitrogens with zero attached hydrogens (tertiary/aromatic N) is 1. The molecule has 0 spiro atoms. The lowest BCUT2D eigenvalue weighted by atomic mass is 9.96. The molecule has 1 atom stereocenters. The van der Waals surface area contributed by atoms with E-state index >= 15 is 0 Å². The standard InChI is InChI=1S/C14H18N2O/c1-2-13(12-8-4-3-5-9-12)14(17)16-11-7-6-10-15/h3-5,8-9,13H,2,6-7,11H2,1H3,(H,16,17). The predicted molar refractivity (Wildman–Crippen MR) is 67.3 cm³/mol. The fourth-order valence-corrected chi connectivity index (χ4v) is 1.76. The molecule has 3 nitrogen and oxygen atoms in total. The Morgan fingerprint density at radius 2 is 2.12 bits per heavy atom. The number of amides is 1. The molecule has 0 heterocycles. The van der Waals surface area contributed by atoms with Gasteiger partial charge in [0.05, 0.1) is 12.0 Å². The summed E-state index contributed by atoms with van der Waals surface area (Å²) in [6, 6.07) is 11.9. The number of nitrogens with one attached hydrogen (secondary N) is 1. The Morgan fingerprint density at radius 1 is 1.41 bits per heavy atom. The second-order valence-corrected chi connectivity index (χ2v) is 3.92. The van der Waals surface area contributed by atoms with Crippen LogP contribution in [0.1, 0.15) is 37.7 Å². The van der Waals surface area contributed by atoms with E-state index in [9.17, 15) is 4.79 Å². The third-order valence-electron chi connectivity index (χ3n) is 2.69. The summed E-state index contributed by atoms with van der Waals surface area (Å²) < 4.78 is 0. The van der Waals surface area contributed by atoms with E-state index in [-0.39, 0.29) is 11.8 Å². The van der Waals surface area contributed by atoms with Gasteiger partial charge in [-0.1, -0.05) is 37.3 Å². The van der Waals surface area contributed by atoms with Gasteiger partial charge in [-0.05, 0) is 18.4 Å². The number of unbranched alkanes of at least 4 members (excludes halogenated alkanes) is 1. The average molecular weight is 230 g/mol. The van der Waals surface area contributed by atoms with Gasteiger partial charge in [0.1, 0.15) is 0 Å². The Labute approximate surface area is 102 Å². The molecule has 1 unspecified atom stereocenters. The molecule has 0 aliphatic rings. The van der Waals surface area contributed by atoms with Crippen LogP contribution < -0.4 is 5.32 Å². The predicted octanol–water partition coefficient (Wildman–Crippen LogP) is 2.60. The molecule has 1 N–H and O–H groups in total. The lowest BCUT2D eigenvalue weighted by molar-refractivity contribution is -0.122. The first-order valence-corrected chi connectivity index (χ1v) is 5.99. The van der Waals surface area contributed by atoms with E-state index < -0.39 is 0 Å². The van der Waals surface area contributed by atoms with E-state index in [0.717, 1.165) is 12.0 Å². The van der Waals surface area contributed by atoms with Gasteiger partial charge in [-0.15, -0.1) is 0 Å². The third-order valence-corrected chi connectivity index (χ3v) is 2.69. The van der Waals surface area contributed by atoms with Crippen LogP contribution in [0, 0.1) is 11.3 Å². The molecule has 90 valence electrons. The van der Waals surface area contributed by atoms with Crippen molar-refractivity contribution >= 4 is 5.91 Å². The monoisotopic (exact) mass is 230 g/mol. The van der Waals surface area contributed by atoms with Gasteiger partial charge in [-0.25, -0.2) is 0 Å². The molecule has 1 aromatic rings. The number of hydrogen-bond acceptors (Lipinski definition) is 2. The molecule has 1 aromatic carbocycles. The summed E-state index contributed by atoms with van der Waals surface area (Å²) in [7, 11) is 0. The highest BCUT2D eigenvalue weighted by atomic mass is 16.1. The van der Waals surface area contributed by atoms with E-state index in [0.29, 0.717) is 19.4 Å². The minimum Gasteiger partial charge on any atom is -0.356 e. The Hall–Kier alpha value is -1.82. The van der Waals surface area contributed by atoms with Crippen LogP contribution in [0.5, 0.6) is 0 Å². The van der Waals surface area contributed by atoms with Crippen LogP contribution in [0.25, 0.3) is 0 Å². The summed E-state index contributed by atoms with van der Waals surface area (Å²) in [5.41, 5.74) is 1.05. The number of carbonyl (C=O) groups is 1. The Morgan fingerprint density at radius 3 is 2.71 bits per heavy atom. The maximum Gasteiger partial charge on any atom is 0.227 e. The highest BCUT2D eigenvalue weighted by molar-refractivity contribution is 5.83. The summed E-state index contributed by atoms with van der Waals surface area (Å²) in [5.74, 6) is -0.0325. The molecule has 1 amide bonds. The maximum absolute atomic E-state index is 11.9. The molecule has 0 aliphatic heterocycles. The van der Waals surface area contributed by atoms with Crippen molar-refractivity contribution in [2.45, 2.75) is 32.1 Å². The van der Waals surface area contributed by atoms with Gasteiger partial charge in [0.25, 0.3) is 0 Å². The van der Waals surface area contributed by atoms with Crippen LogP contribution >= 0.6 is 0 Å². The summed E-state index contributed by atoms with van der Waals surface area (Å²) >= 11 is 0. The van der Waals surface area contributed by atoms with Gasteiger partial charge in [-0.3, -0.25) is 4.79 Å². The quantitative estimate of drug-likeness (QED) is 0.764. The average Bonchev–Trinajstić information content (AvgIpc) is 2.37. The smallest absolute Gasteiger partial charge is 0.227 e. The largest absolute Gasteiger partial charge is 0.356 e. The zero-order valence-electron chi connectivity index (χ0n) is 10.1. The van der Waals surface area contributed by atoms with Gasteiger partial charge in [0.2, 0.25) is 5.91 Å². The first-order valence-electron chi connectivity index (χ1n) is 5.99. The minimum absolute atomic E-state index is 0.0524. The summed E-state index contributed by atoms with van der Waals surface area (Å²) in [6.45, 7) is 2.59. The highest BCUT2D eigenvalue weighted by Crippen LogP contribution is 2.18. The van der Waals surface area contributed by atoms with Gasteiger partial charge in [0, 0.05) is 13.0 Å². The fourth-order valence-electron chi connectivity index (χ4n) is 1.76. The first-order chi connectivity index (χ1) is 8.29. The van der Waals surface area contributed by atoms with E-state index in [2.05, 4.69) is 11.4 Å². The zero-order valence-corrected chi connectivity index (χ0v) is 10.1. The summed E-state index contributed by atoms with van der Waals surface area (Å²) in [6.07, 6.45) is 1.99. The Balaban J connectivity index is 2.51. The number of carbonyl (C=O) groups excluding carboxylic acids is 1. The van der Waals surface area contributed by atoms with Gasteiger partial charge in [0.15, 0.2) is 0 Å². The Kier molecular flexibility index (Phi) is 5.81. The lowest BCUT2D eigenvalue weighted by Crippen LogP contribution is -2.29. The van der Waals surface area contributed by atoms with Gasteiger partial charge < -0.3 is 5.32 Å². The number of benzene rings is 1. The number of rotatable bonds is 6. The topological polar surface area (TPSA) is 52.9 Å². The second kappa shape index (κ2) is 7.45. The van der Waals surface area contributed by atoms with Crippen molar-refractivity contribution in [2.24, 2.45) is 0 Å². The molecule has 17 heavy (non-hydrogen) atoms. The van der Waals surface area contributed by atoms with Gasteiger partial charge in [-0.2, -0.15) is 5.26 Å². The molecule has 0 radical (unpaired) electrons. The molecule has 3 heteroatoms. The molecule has 1 rings (SSSR count). The van der Waals surface area contributed by atoms with E-state index in [4.69, 9.17) is 5.26 Å². The van der Waals surface area contributed by atoms with Crippen molar-refractivity contribution < 1.29 is 4.79 Å². The zero-order chi connectivity index (χ0) is 12.5. The van der Waals surface area contributed by atoms with E-state index in [1.54, 1.807) is 0 Å². The molecule has 0 saturated carbocycles. The number of hydrogen-bond donors (Lipinski definition) is 1. The summed E-state index contributed by atoms with van der Waals surface area (Å²) in [5, 5.41) is 11.3. The molecule has 0 aromatic heterocycles. The van der Waals surface area contributed by atoms with Crippen molar-refractivity contribution in [3.8, 4) is 6.07 Å².